The van der Waals surface area contributed by atoms with Gasteiger partial charge in [0.2, 0.25) is 0 Å². The third kappa shape index (κ3) is 3.09. The van der Waals surface area contributed by atoms with Crippen LogP contribution in [0.5, 0.6) is 0 Å². The van der Waals surface area contributed by atoms with Crippen molar-refractivity contribution in [2.45, 2.75) is 13.3 Å². The Balaban J connectivity index is 1.99. The molecule has 2 rings (SSSR count). The summed E-state index contributed by atoms with van der Waals surface area (Å²) in [6.07, 6.45) is 2.65. The third-order valence-electron chi connectivity index (χ3n) is 2.56. The topological polar surface area (TPSA) is 48.7 Å². The number of nitrogens with zero attached hydrogens (tertiary/aromatic N) is 2. The van der Waals surface area contributed by atoms with Crippen LogP contribution in [-0.2, 0) is 6.42 Å². The zero-order valence-electron chi connectivity index (χ0n) is 9.90. The summed E-state index contributed by atoms with van der Waals surface area (Å²) in [6, 6.07) is 8.18. The first-order valence-electron chi connectivity index (χ1n) is 5.54. The van der Waals surface area contributed by atoms with E-state index in [2.05, 4.69) is 38.4 Å². The smallest absolute Gasteiger partial charge is 0.144 e. The summed E-state index contributed by atoms with van der Waals surface area (Å²) in [7, 11) is 0. The quantitative estimate of drug-likeness (QED) is 0.933. The van der Waals surface area contributed by atoms with Crippen molar-refractivity contribution in [2.75, 3.05) is 11.9 Å². The van der Waals surface area contributed by atoms with E-state index in [1.165, 1.54) is 4.88 Å². The molecule has 5 heteroatoms. The Morgan fingerprint density at radius 2 is 2.28 bits per heavy atom. The molecule has 0 aliphatic heterocycles. The fourth-order valence-corrected chi connectivity index (χ4v) is 3.11. The van der Waals surface area contributed by atoms with Crippen LogP contribution in [0.4, 0.5) is 5.82 Å². The maximum atomic E-state index is 9.08. The SMILES string of the molecule is Cc1ccnc(NCCc2ccc(Br)s2)c1C#N. The fourth-order valence-electron chi connectivity index (χ4n) is 1.62. The van der Waals surface area contributed by atoms with Crippen LogP contribution in [0.2, 0.25) is 0 Å². The highest BCUT2D eigenvalue weighted by molar-refractivity contribution is 9.11. The van der Waals surface area contributed by atoms with E-state index >= 15 is 0 Å². The van der Waals surface area contributed by atoms with Crippen molar-refractivity contribution < 1.29 is 0 Å². The van der Waals surface area contributed by atoms with Gasteiger partial charge in [-0.25, -0.2) is 4.98 Å². The molecule has 0 aliphatic rings. The van der Waals surface area contributed by atoms with E-state index in [1.54, 1.807) is 17.5 Å². The predicted octanol–water partition coefficient (Wildman–Crippen LogP) is 3.74. The van der Waals surface area contributed by atoms with Gasteiger partial charge in [-0.2, -0.15) is 5.26 Å². The zero-order chi connectivity index (χ0) is 13.0. The number of nitrogens with one attached hydrogen (secondary N) is 1. The summed E-state index contributed by atoms with van der Waals surface area (Å²) in [5, 5.41) is 12.3. The molecule has 2 aromatic heterocycles. The summed E-state index contributed by atoms with van der Waals surface area (Å²) in [6.45, 7) is 2.69. The number of halogens is 1. The van der Waals surface area contributed by atoms with Crippen LogP contribution in [0.15, 0.2) is 28.2 Å². The molecule has 0 spiro atoms. The molecule has 2 aromatic rings. The minimum absolute atomic E-state index is 0.630. The lowest BCUT2D eigenvalue weighted by Gasteiger charge is -2.07. The van der Waals surface area contributed by atoms with Crippen LogP contribution < -0.4 is 5.32 Å². The van der Waals surface area contributed by atoms with Gasteiger partial charge in [0.1, 0.15) is 11.9 Å². The number of nitriles is 1. The summed E-state index contributed by atoms with van der Waals surface area (Å²) >= 11 is 5.17. The first-order chi connectivity index (χ1) is 8.70. The summed E-state index contributed by atoms with van der Waals surface area (Å²) in [5.41, 5.74) is 1.58. The maximum Gasteiger partial charge on any atom is 0.144 e. The molecule has 0 amide bonds. The molecule has 0 saturated carbocycles. The van der Waals surface area contributed by atoms with E-state index in [0.29, 0.717) is 11.4 Å². The Kier molecular flexibility index (Phi) is 4.34. The van der Waals surface area contributed by atoms with Crippen molar-refractivity contribution in [3.05, 3.63) is 44.2 Å². The highest BCUT2D eigenvalue weighted by Crippen LogP contribution is 2.22. The van der Waals surface area contributed by atoms with Crippen LogP contribution >= 0.6 is 27.3 Å². The standard InChI is InChI=1S/C13H12BrN3S/c1-9-4-6-16-13(11(9)8-15)17-7-5-10-2-3-12(14)18-10/h2-4,6H,5,7H2,1H3,(H,16,17). The van der Waals surface area contributed by atoms with Crippen LogP contribution in [0.25, 0.3) is 0 Å². The molecular weight excluding hydrogens is 310 g/mol. The Morgan fingerprint density at radius 3 is 2.94 bits per heavy atom. The van der Waals surface area contributed by atoms with Crippen molar-refractivity contribution >= 4 is 33.1 Å². The lowest BCUT2D eigenvalue weighted by molar-refractivity contribution is 1.02. The van der Waals surface area contributed by atoms with Gasteiger partial charge in [-0.3, -0.25) is 0 Å². The molecule has 0 radical (unpaired) electrons. The molecule has 0 aliphatic carbocycles. The molecule has 0 bridgehead atoms. The molecule has 0 fully saturated rings. The molecule has 1 N–H and O–H groups in total. The minimum Gasteiger partial charge on any atom is -0.369 e. The van der Waals surface area contributed by atoms with E-state index < -0.39 is 0 Å². The van der Waals surface area contributed by atoms with Gasteiger partial charge in [0.05, 0.1) is 9.35 Å². The van der Waals surface area contributed by atoms with Gasteiger partial charge in [-0.15, -0.1) is 11.3 Å². The summed E-state index contributed by atoms with van der Waals surface area (Å²) in [4.78, 5) is 5.51. The Bertz CT molecular complexity index is 586. The largest absolute Gasteiger partial charge is 0.369 e. The molecule has 92 valence electrons. The number of aromatic nitrogens is 1. The molecule has 0 aromatic carbocycles. The van der Waals surface area contributed by atoms with Crippen molar-refractivity contribution in [1.82, 2.24) is 4.98 Å². The average molecular weight is 322 g/mol. The molecule has 18 heavy (non-hydrogen) atoms. The van der Waals surface area contributed by atoms with E-state index in [0.717, 1.165) is 22.3 Å². The minimum atomic E-state index is 0.630. The van der Waals surface area contributed by atoms with Crippen LogP contribution in [0, 0.1) is 18.3 Å². The van der Waals surface area contributed by atoms with Gasteiger partial charge >= 0.3 is 0 Å². The van der Waals surface area contributed by atoms with Crippen molar-refractivity contribution in [3.8, 4) is 6.07 Å². The predicted molar refractivity (Wildman–Crippen MR) is 77.9 cm³/mol. The Hall–Kier alpha value is -1.38. The highest BCUT2D eigenvalue weighted by atomic mass is 79.9. The monoisotopic (exact) mass is 321 g/mol. The fraction of sp³-hybridized carbons (Fsp3) is 0.231. The highest BCUT2D eigenvalue weighted by Gasteiger charge is 2.05. The second-order valence-electron chi connectivity index (χ2n) is 3.85. The van der Waals surface area contributed by atoms with Gasteiger partial charge in [0.25, 0.3) is 0 Å². The van der Waals surface area contributed by atoms with Crippen LogP contribution in [0.3, 0.4) is 0 Å². The lowest BCUT2D eigenvalue weighted by atomic mass is 10.1. The van der Waals surface area contributed by atoms with Gasteiger partial charge in [0.15, 0.2) is 0 Å². The summed E-state index contributed by atoms with van der Waals surface area (Å²) in [5.74, 6) is 0.674. The van der Waals surface area contributed by atoms with Gasteiger partial charge in [0, 0.05) is 17.6 Å². The van der Waals surface area contributed by atoms with Crippen LogP contribution in [-0.4, -0.2) is 11.5 Å². The number of hydrogen-bond donors (Lipinski definition) is 1. The lowest BCUT2D eigenvalue weighted by Crippen LogP contribution is -2.07. The number of aryl methyl sites for hydroxylation is 1. The van der Waals surface area contributed by atoms with Gasteiger partial charge < -0.3 is 5.32 Å². The van der Waals surface area contributed by atoms with Crippen molar-refractivity contribution in [2.24, 2.45) is 0 Å². The number of rotatable bonds is 4. The molecule has 3 nitrogen and oxygen atoms in total. The van der Waals surface area contributed by atoms with E-state index in [1.807, 2.05) is 19.1 Å². The normalized spacial score (nSPS) is 10.1. The van der Waals surface area contributed by atoms with Gasteiger partial charge in [-0.1, -0.05) is 0 Å². The maximum absolute atomic E-state index is 9.08. The second kappa shape index (κ2) is 5.98. The summed E-state index contributed by atoms with van der Waals surface area (Å²) < 4.78 is 1.14. The Morgan fingerprint density at radius 1 is 1.44 bits per heavy atom. The van der Waals surface area contributed by atoms with Gasteiger partial charge in [-0.05, 0) is 53.0 Å². The molecule has 0 unspecified atom stereocenters. The van der Waals surface area contributed by atoms with E-state index in [-0.39, 0.29) is 0 Å². The molecular formula is C13H12BrN3S. The van der Waals surface area contributed by atoms with E-state index in [9.17, 15) is 0 Å². The second-order valence-corrected chi connectivity index (χ2v) is 6.39. The average Bonchev–Trinajstić information content (AvgIpc) is 2.75. The number of anilines is 1. The molecule has 0 atom stereocenters. The number of pyridine rings is 1. The number of hydrogen-bond acceptors (Lipinski definition) is 4. The first-order valence-corrected chi connectivity index (χ1v) is 7.15. The Labute approximate surface area is 119 Å². The number of thiophene rings is 1. The van der Waals surface area contributed by atoms with Crippen LogP contribution in [0.1, 0.15) is 16.0 Å². The zero-order valence-corrected chi connectivity index (χ0v) is 12.3. The molecule has 0 saturated heterocycles. The van der Waals surface area contributed by atoms with Crippen molar-refractivity contribution in [3.63, 3.8) is 0 Å². The first kappa shape index (κ1) is 13.1. The van der Waals surface area contributed by atoms with Crippen molar-refractivity contribution in [1.29, 1.82) is 5.26 Å². The third-order valence-corrected chi connectivity index (χ3v) is 4.25. The molecule has 2 heterocycles. The van der Waals surface area contributed by atoms with E-state index in [4.69, 9.17) is 5.26 Å².